The number of nitrogens with zero attached hydrogens (tertiary/aromatic N) is 7. The van der Waals surface area contributed by atoms with Crippen molar-refractivity contribution in [2.75, 3.05) is 13.2 Å². The van der Waals surface area contributed by atoms with Crippen molar-refractivity contribution in [3.63, 3.8) is 0 Å². The maximum atomic E-state index is 14.4. The molecule has 1 saturated carbocycles. The number of aliphatic imine (C=N–C) groups is 1. The van der Waals surface area contributed by atoms with Crippen LogP contribution in [-0.4, -0.2) is 72.5 Å². The Morgan fingerprint density at radius 3 is 2.29 bits per heavy atom. The second kappa shape index (κ2) is 14.7. The largest absolute Gasteiger partial charge is 0.447 e. The lowest BCUT2D eigenvalue weighted by atomic mass is 9.92. The Labute approximate surface area is 294 Å². The number of alkyl halides is 5. The fraction of sp³-hybridized carbons (Fsp3) is 0.394. The molecule has 4 aromatic rings. The summed E-state index contributed by atoms with van der Waals surface area (Å²) in [6, 6.07) is 9.25. The zero-order chi connectivity index (χ0) is 37.1. The molecule has 1 aliphatic rings. The molecule has 0 unspecified atom stereocenters. The fourth-order valence-electron chi connectivity index (χ4n) is 5.07. The number of nitrogens with two attached hydrogens (primary N) is 1. The normalized spacial score (nSPS) is 15.1. The molecule has 0 spiro atoms. The lowest BCUT2D eigenvalue weighted by molar-refractivity contribution is -0.164. The van der Waals surface area contributed by atoms with Gasteiger partial charge in [0.25, 0.3) is 5.91 Å². The van der Waals surface area contributed by atoms with Crippen LogP contribution in [0.2, 0.25) is 5.02 Å². The molecular formula is C33H35ClF5N9O3. The molecule has 0 aliphatic heterocycles. The lowest BCUT2D eigenvalue weighted by Gasteiger charge is -2.32. The van der Waals surface area contributed by atoms with E-state index in [1.165, 1.54) is 65.9 Å². The van der Waals surface area contributed by atoms with E-state index in [1.54, 1.807) is 0 Å². The van der Waals surface area contributed by atoms with Gasteiger partial charge >= 0.3 is 18.8 Å². The zero-order valence-electron chi connectivity index (χ0n) is 27.7. The molecule has 0 radical (unpaired) electrons. The van der Waals surface area contributed by atoms with Crippen LogP contribution in [0.3, 0.4) is 0 Å². The summed E-state index contributed by atoms with van der Waals surface area (Å²) in [6.45, 7) is 2.70. The third-order valence-corrected chi connectivity index (χ3v) is 8.49. The van der Waals surface area contributed by atoms with Gasteiger partial charge in [-0.25, -0.2) is 9.48 Å². The molecule has 2 aromatic carbocycles. The average molecular weight is 736 g/mol. The smallest absolute Gasteiger partial charge is 0.411 e. The minimum atomic E-state index is -4.69. The molecule has 2 heterocycles. The summed E-state index contributed by atoms with van der Waals surface area (Å²) in [4.78, 5) is 34.0. The molecule has 12 nitrogen and oxygen atoms in total. The molecule has 1 fully saturated rings. The van der Waals surface area contributed by atoms with E-state index in [1.807, 2.05) is 26.1 Å². The van der Waals surface area contributed by atoms with Gasteiger partial charge in [-0.15, -0.1) is 0 Å². The van der Waals surface area contributed by atoms with Crippen LogP contribution in [0, 0.1) is 5.41 Å². The van der Waals surface area contributed by atoms with Crippen molar-refractivity contribution >= 4 is 29.6 Å². The Morgan fingerprint density at radius 2 is 1.73 bits per heavy atom. The van der Waals surface area contributed by atoms with Gasteiger partial charge < -0.3 is 15.8 Å². The number of aromatic nitrogens is 5. The van der Waals surface area contributed by atoms with Crippen molar-refractivity contribution in [2.45, 2.75) is 64.3 Å². The Kier molecular flexibility index (Phi) is 10.7. The summed E-state index contributed by atoms with van der Waals surface area (Å²) in [5, 5.41) is 14.0. The van der Waals surface area contributed by atoms with Gasteiger partial charge in [-0.05, 0) is 60.1 Å². The van der Waals surface area contributed by atoms with Gasteiger partial charge in [-0.3, -0.25) is 14.7 Å². The molecular weight excluding hydrogens is 701 g/mol. The molecule has 272 valence electrons. The average Bonchev–Trinajstić information content (AvgIpc) is 3.43. The molecule has 5 rings (SSSR count). The highest BCUT2D eigenvalue weighted by atomic mass is 35.5. The summed E-state index contributed by atoms with van der Waals surface area (Å²) in [7, 11) is 0. The number of alkyl carbamates (subject to hydrolysis) is 1. The molecule has 18 heteroatoms. The number of halogens is 6. The molecule has 3 N–H and O–H groups in total. The van der Waals surface area contributed by atoms with Gasteiger partial charge in [0.15, 0.2) is 5.96 Å². The Bertz CT molecular complexity index is 1870. The molecule has 0 saturated heterocycles. The molecule has 1 atom stereocenters. The summed E-state index contributed by atoms with van der Waals surface area (Å²) < 4.78 is 72.9. The second-order valence-electron chi connectivity index (χ2n) is 13.1. The Morgan fingerprint density at radius 1 is 1.06 bits per heavy atom. The lowest BCUT2D eigenvalue weighted by Crippen LogP contribution is -2.49. The predicted molar refractivity (Wildman–Crippen MR) is 177 cm³/mol. The van der Waals surface area contributed by atoms with E-state index in [2.05, 4.69) is 20.3 Å². The van der Waals surface area contributed by atoms with E-state index in [0.29, 0.717) is 27.8 Å². The standard InChI is InChI=1S/C33H35ClF5N9O3/c1-31(2,3)12-13-41-29(40)47(27(49)21-6-4-20(5-7-21)23-17-44-46(18-23)28(35)36)26(19-51-30(50)45-32(10-11-32)33(37,38)39)22-8-9-24(34)25(16-22)48-42-14-15-43-48/h4-9,14-18,26,28H,10-13,19H2,1-3H3,(H2,40,41)(H,45,50)/t26-/m1/s1. The van der Waals surface area contributed by atoms with E-state index in [9.17, 15) is 31.5 Å². The quantitative estimate of drug-likeness (QED) is 0.0965. The monoisotopic (exact) mass is 735 g/mol. The maximum Gasteiger partial charge on any atom is 0.411 e. The number of ether oxygens (including phenoxy) is 1. The minimum Gasteiger partial charge on any atom is -0.447 e. The number of nitrogens with one attached hydrogen (secondary N) is 1. The number of amides is 2. The van der Waals surface area contributed by atoms with Gasteiger partial charge in [0, 0.05) is 23.9 Å². The van der Waals surface area contributed by atoms with Crippen LogP contribution in [0.25, 0.3) is 16.8 Å². The molecule has 2 amide bonds. The zero-order valence-corrected chi connectivity index (χ0v) is 28.5. The third-order valence-electron chi connectivity index (χ3n) is 8.18. The van der Waals surface area contributed by atoms with Crippen molar-refractivity contribution in [1.82, 2.24) is 35.0 Å². The van der Waals surface area contributed by atoms with Gasteiger partial charge in [-0.1, -0.05) is 50.6 Å². The van der Waals surface area contributed by atoms with E-state index >= 15 is 0 Å². The first kappa shape index (κ1) is 37.2. The second-order valence-corrected chi connectivity index (χ2v) is 13.5. The van der Waals surface area contributed by atoms with Gasteiger partial charge in [0.05, 0.1) is 29.7 Å². The summed E-state index contributed by atoms with van der Waals surface area (Å²) >= 11 is 6.46. The minimum absolute atomic E-state index is 0.0837. The fourth-order valence-corrected chi connectivity index (χ4v) is 5.26. The van der Waals surface area contributed by atoms with E-state index < -0.39 is 42.9 Å². The van der Waals surface area contributed by atoms with E-state index in [-0.39, 0.29) is 47.0 Å². The summed E-state index contributed by atoms with van der Waals surface area (Å²) in [5.74, 6) is -0.971. The number of benzene rings is 2. The highest BCUT2D eigenvalue weighted by Crippen LogP contribution is 2.49. The summed E-state index contributed by atoms with van der Waals surface area (Å²) in [5.41, 5.74) is 5.52. The highest BCUT2D eigenvalue weighted by Gasteiger charge is 2.64. The van der Waals surface area contributed by atoms with Gasteiger partial charge in [-0.2, -0.15) is 42.0 Å². The van der Waals surface area contributed by atoms with Crippen molar-refractivity contribution in [3.8, 4) is 16.8 Å². The molecule has 1 aliphatic carbocycles. The number of carbonyl (C=O) groups excluding carboxylic acids is 2. The van der Waals surface area contributed by atoms with E-state index in [4.69, 9.17) is 22.1 Å². The predicted octanol–water partition coefficient (Wildman–Crippen LogP) is 6.93. The number of hydrogen-bond donors (Lipinski definition) is 2. The van der Waals surface area contributed by atoms with Crippen LogP contribution in [0.15, 0.2) is 72.2 Å². The van der Waals surface area contributed by atoms with Crippen LogP contribution < -0.4 is 11.1 Å². The Balaban J connectivity index is 1.54. The Hall–Kier alpha value is -5.06. The van der Waals surface area contributed by atoms with Crippen LogP contribution in [0.4, 0.5) is 26.7 Å². The SMILES string of the molecule is CC(C)(C)CCN=C(N)N(C(=O)c1ccc(-c2cnn(C(F)F)c2)cc1)[C@H](COC(=O)NC1(C(F)(F)F)CC1)c1ccc(Cl)c(-n2nccn2)c1. The number of carbonyl (C=O) groups is 2. The highest BCUT2D eigenvalue weighted by molar-refractivity contribution is 6.32. The topological polar surface area (TPSA) is 146 Å². The van der Waals surface area contributed by atoms with Crippen molar-refractivity contribution in [3.05, 3.63) is 83.4 Å². The maximum absolute atomic E-state index is 14.4. The molecule has 51 heavy (non-hydrogen) atoms. The van der Waals surface area contributed by atoms with Crippen LogP contribution >= 0.6 is 11.6 Å². The first-order valence-corrected chi connectivity index (χ1v) is 16.1. The molecule has 2 aromatic heterocycles. The van der Waals surface area contributed by atoms with Crippen LogP contribution in [0.1, 0.15) is 68.5 Å². The number of rotatable bonds is 11. The van der Waals surface area contributed by atoms with Crippen molar-refractivity contribution in [2.24, 2.45) is 16.1 Å². The van der Waals surface area contributed by atoms with Crippen LogP contribution in [0.5, 0.6) is 0 Å². The van der Waals surface area contributed by atoms with E-state index in [0.717, 1.165) is 11.1 Å². The van der Waals surface area contributed by atoms with Crippen LogP contribution in [-0.2, 0) is 4.74 Å². The van der Waals surface area contributed by atoms with Crippen molar-refractivity contribution < 1.29 is 36.3 Å². The summed E-state index contributed by atoms with van der Waals surface area (Å²) in [6.07, 6.45) is -0.817. The first-order valence-electron chi connectivity index (χ1n) is 15.7. The third kappa shape index (κ3) is 8.82. The van der Waals surface area contributed by atoms with Gasteiger partial charge in [0.1, 0.15) is 17.8 Å². The van der Waals surface area contributed by atoms with Gasteiger partial charge in [0.2, 0.25) is 0 Å². The number of hydrogen-bond acceptors (Lipinski definition) is 7. The first-order chi connectivity index (χ1) is 24.0. The van der Waals surface area contributed by atoms with Crippen molar-refractivity contribution in [1.29, 1.82) is 0 Å². The number of guanidine groups is 1. The molecule has 0 bridgehead atoms.